The van der Waals surface area contributed by atoms with E-state index in [1.54, 1.807) is 0 Å². The Morgan fingerprint density at radius 1 is 1.10 bits per heavy atom. The Bertz CT molecular complexity index is 937. The van der Waals surface area contributed by atoms with E-state index in [0.29, 0.717) is 5.69 Å². The number of aryl methyl sites for hydroxylation is 2. The Balaban J connectivity index is 1.88. The quantitative estimate of drug-likeness (QED) is 0.418. The lowest BCUT2D eigenvalue weighted by Crippen LogP contribution is -2.40. The molecule has 2 amide bonds. The minimum Gasteiger partial charge on any atom is -0.454 e. The normalized spacial score (nSPS) is 11.3. The summed E-state index contributed by atoms with van der Waals surface area (Å²) in [6.45, 7) is 4.57. The number of para-hydroxylation sites is 1. The molecule has 2 aromatic carbocycles. The SMILES string of the molecule is Cc1cccc(C)c1NC(=O)COC(=O)[C@H](C)NC(=O)c1cccc([N+](=O)[O-])c1. The average molecular weight is 399 g/mol. The highest BCUT2D eigenvalue weighted by atomic mass is 16.6. The molecule has 0 heterocycles. The van der Waals surface area contributed by atoms with E-state index in [9.17, 15) is 24.5 Å². The van der Waals surface area contributed by atoms with Gasteiger partial charge in [-0.25, -0.2) is 4.79 Å². The summed E-state index contributed by atoms with van der Waals surface area (Å²) in [5, 5.41) is 15.9. The number of esters is 1. The zero-order valence-electron chi connectivity index (χ0n) is 16.2. The molecule has 1 atom stereocenters. The van der Waals surface area contributed by atoms with Crippen LogP contribution in [0.1, 0.15) is 28.4 Å². The van der Waals surface area contributed by atoms with Crippen LogP contribution in [0.3, 0.4) is 0 Å². The summed E-state index contributed by atoms with van der Waals surface area (Å²) in [4.78, 5) is 46.4. The molecule has 0 aromatic heterocycles. The zero-order valence-corrected chi connectivity index (χ0v) is 16.2. The second-order valence-electron chi connectivity index (χ2n) is 6.43. The van der Waals surface area contributed by atoms with E-state index in [1.807, 2.05) is 32.0 Å². The highest BCUT2D eigenvalue weighted by Gasteiger charge is 2.20. The summed E-state index contributed by atoms with van der Waals surface area (Å²) >= 11 is 0. The Morgan fingerprint density at radius 2 is 1.72 bits per heavy atom. The van der Waals surface area contributed by atoms with Crippen LogP contribution in [0, 0.1) is 24.0 Å². The molecule has 0 radical (unpaired) electrons. The number of ether oxygens (including phenoxy) is 1. The molecule has 2 N–H and O–H groups in total. The van der Waals surface area contributed by atoms with Crippen molar-refractivity contribution in [2.75, 3.05) is 11.9 Å². The summed E-state index contributed by atoms with van der Waals surface area (Å²) < 4.78 is 4.94. The predicted octanol–water partition coefficient (Wildman–Crippen LogP) is 2.51. The summed E-state index contributed by atoms with van der Waals surface area (Å²) in [6.07, 6.45) is 0. The molecule has 9 heteroatoms. The number of nitro benzene ring substituents is 1. The number of hydrogen-bond acceptors (Lipinski definition) is 6. The van der Waals surface area contributed by atoms with Crippen molar-refractivity contribution >= 4 is 29.2 Å². The van der Waals surface area contributed by atoms with Crippen LogP contribution in [0.4, 0.5) is 11.4 Å². The summed E-state index contributed by atoms with van der Waals surface area (Å²) in [7, 11) is 0. The second-order valence-corrected chi connectivity index (χ2v) is 6.43. The van der Waals surface area contributed by atoms with E-state index < -0.39 is 35.4 Å². The molecule has 9 nitrogen and oxygen atoms in total. The summed E-state index contributed by atoms with van der Waals surface area (Å²) in [6, 6.07) is 9.63. The van der Waals surface area contributed by atoms with E-state index in [-0.39, 0.29) is 11.3 Å². The standard InChI is InChI=1S/C20H21N3O6/c1-12-6-4-7-13(2)18(12)22-17(24)11-29-20(26)14(3)21-19(25)15-8-5-9-16(10-15)23(27)28/h4-10,14H,11H2,1-3H3,(H,21,25)(H,22,24)/t14-/m0/s1. The van der Waals surface area contributed by atoms with Crippen molar-refractivity contribution in [2.24, 2.45) is 0 Å². The van der Waals surface area contributed by atoms with Gasteiger partial charge in [-0.3, -0.25) is 19.7 Å². The van der Waals surface area contributed by atoms with Crippen molar-refractivity contribution < 1.29 is 24.0 Å². The number of benzene rings is 2. The van der Waals surface area contributed by atoms with Gasteiger partial charge in [0, 0.05) is 23.4 Å². The van der Waals surface area contributed by atoms with Crippen LogP contribution >= 0.6 is 0 Å². The first kappa shape index (κ1) is 21.5. The average Bonchev–Trinajstić information content (AvgIpc) is 2.69. The molecule has 0 saturated heterocycles. The number of non-ortho nitro benzene ring substituents is 1. The molecule has 0 aliphatic carbocycles. The molecule has 152 valence electrons. The van der Waals surface area contributed by atoms with Gasteiger partial charge in [-0.1, -0.05) is 24.3 Å². The minimum atomic E-state index is -1.05. The summed E-state index contributed by atoms with van der Waals surface area (Å²) in [5.74, 6) is -1.98. The molecule has 0 bridgehead atoms. The van der Waals surface area contributed by atoms with E-state index in [2.05, 4.69) is 10.6 Å². The maximum Gasteiger partial charge on any atom is 0.328 e. The van der Waals surface area contributed by atoms with Crippen molar-refractivity contribution in [3.63, 3.8) is 0 Å². The van der Waals surface area contributed by atoms with Gasteiger partial charge in [0.25, 0.3) is 17.5 Å². The summed E-state index contributed by atoms with van der Waals surface area (Å²) in [5.41, 5.74) is 2.20. The fourth-order valence-corrected chi connectivity index (χ4v) is 2.55. The molecule has 0 aliphatic rings. The zero-order chi connectivity index (χ0) is 21.6. The molecule has 0 aliphatic heterocycles. The van der Waals surface area contributed by atoms with Gasteiger partial charge in [0.05, 0.1) is 4.92 Å². The number of nitrogens with one attached hydrogen (secondary N) is 2. The lowest BCUT2D eigenvalue weighted by molar-refractivity contribution is -0.384. The van der Waals surface area contributed by atoms with Crippen LogP contribution in [0.2, 0.25) is 0 Å². The third-order valence-electron chi connectivity index (χ3n) is 4.11. The van der Waals surface area contributed by atoms with Gasteiger partial charge < -0.3 is 15.4 Å². The first-order valence-electron chi connectivity index (χ1n) is 8.77. The van der Waals surface area contributed by atoms with Crippen LogP contribution in [0.25, 0.3) is 0 Å². The Kier molecular flexibility index (Phi) is 7.02. The molecule has 0 fully saturated rings. The number of carbonyl (C=O) groups is 3. The third kappa shape index (κ3) is 5.86. The number of nitro groups is 1. The molecule has 2 aromatic rings. The number of carbonyl (C=O) groups excluding carboxylic acids is 3. The fourth-order valence-electron chi connectivity index (χ4n) is 2.55. The molecule has 0 saturated carbocycles. The van der Waals surface area contributed by atoms with E-state index in [1.165, 1.54) is 25.1 Å². The smallest absolute Gasteiger partial charge is 0.328 e. The van der Waals surface area contributed by atoms with Gasteiger partial charge in [-0.2, -0.15) is 0 Å². The van der Waals surface area contributed by atoms with Gasteiger partial charge in [-0.15, -0.1) is 0 Å². The van der Waals surface area contributed by atoms with Gasteiger partial charge in [0.2, 0.25) is 0 Å². The van der Waals surface area contributed by atoms with Crippen LogP contribution in [-0.4, -0.2) is 35.4 Å². The second kappa shape index (κ2) is 9.45. The van der Waals surface area contributed by atoms with Gasteiger partial charge in [-0.05, 0) is 38.0 Å². The highest BCUT2D eigenvalue weighted by Crippen LogP contribution is 2.19. The van der Waals surface area contributed by atoms with Crippen LogP contribution in [-0.2, 0) is 14.3 Å². The van der Waals surface area contributed by atoms with Crippen molar-refractivity contribution in [3.8, 4) is 0 Å². The lowest BCUT2D eigenvalue weighted by atomic mass is 10.1. The van der Waals surface area contributed by atoms with Crippen LogP contribution in [0.15, 0.2) is 42.5 Å². The maximum absolute atomic E-state index is 12.2. The topological polar surface area (TPSA) is 128 Å². The Labute approximate surface area is 167 Å². The highest BCUT2D eigenvalue weighted by molar-refractivity contribution is 5.98. The first-order chi connectivity index (χ1) is 13.7. The number of hydrogen-bond donors (Lipinski definition) is 2. The number of amides is 2. The fraction of sp³-hybridized carbons (Fsp3) is 0.250. The first-order valence-corrected chi connectivity index (χ1v) is 8.77. The van der Waals surface area contributed by atoms with Gasteiger partial charge in [0.15, 0.2) is 6.61 Å². The number of nitrogens with zero attached hydrogens (tertiary/aromatic N) is 1. The number of rotatable bonds is 7. The molecule has 2 rings (SSSR count). The van der Waals surface area contributed by atoms with Crippen LogP contribution in [0.5, 0.6) is 0 Å². The van der Waals surface area contributed by atoms with Crippen molar-refractivity contribution in [1.29, 1.82) is 0 Å². The van der Waals surface area contributed by atoms with E-state index in [4.69, 9.17) is 4.74 Å². The predicted molar refractivity (Wildman–Crippen MR) is 106 cm³/mol. The molecular formula is C20H21N3O6. The number of anilines is 1. The van der Waals surface area contributed by atoms with Gasteiger partial charge >= 0.3 is 5.97 Å². The van der Waals surface area contributed by atoms with Crippen molar-refractivity contribution in [3.05, 3.63) is 69.3 Å². The van der Waals surface area contributed by atoms with E-state index in [0.717, 1.165) is 17.2 Å². The molecule has 29 heavy (non-hydrogen) atoms. The largest absolute Gasteiger partial charge is 0.454 e. The lowest BCUT2D eigenvalue weighted by Gasteiger charge is -2.14. The monoisotopic (exact) mass is 399 g/mol. The van der Waals surface area contributed by atoms with Crippen molar-refractivity contribution in [1.82, 2.24) is 5.32 Å². The van der Waals surface area contributed by atoms with E-state index >= 15 is 0 Å². The minimum absolute atomic E-state index is 0.0339. The molecule has 0 spiro atoms. The Hall–Kier alpha value is -3.75. The third-order valence-corrected chi connectivity index (χ3v) is 4.11. The maximum atomic E-state index is 12.2. The molecule has 0 unspecified atom stereocenters. The molecular weight excluding hydrogens is 378 g/mol. The van der Waals surface area contributed by atoms with Crippen molar-refractivity contribution in [2.45, 2.75) is 26.8 Å². The van der Waals surface area contributed by atoms with Crippen LogP contribution < -0.4 is 10.6 Å². The Morgan fingerprint density at radius 3 is 2.34 bits per heavy atom. The van der Waals surface area contributed by atoms with Gasteiger partial charge in [0.1, 0.15) is 6.04 Å².